The van der Waals surface area contributed by atoms with Gasteiger partial charge < -0.3 is 10.2 Å². The van der Waals surface area contributed by atoms with Crippen LogP contribution >= 0.6 is 63.7 Å². The Labute approximate surface area is 180 Å². The topological polar surface area (TPSA) is 40.5 Å². The second-order valence-corrected chi connectivity index (χ2v) is 10.7. The number of hydrogen-bond donors (Lipinski definition) is 2. The van der Waals surface area contributed by atoms with Crippen LogP contribution in [0.2, 0.25) is 0 Å². The van der Waals surface area contributed by atoms with Gasteiger partial charge in [0.25, 0.3) is 0 Å². The van der Waals surface area contributed by atoms with Crippen LogP contribution in [-0.2, 0) is 10.8 Å². The first kappa shape index (κ1) is 18.3. The molecular weight excluding hydrogens is 580 g/mol. The quantitative estimate of drug-likeness (QED) is 0.383. The average molecular weight is 596 g/mol. The Morgan fingerprint density at radius 2 is 0.880 bits per heavy atom. The molecule has 2 aliphatic carbocycles. The molecule has 0 amide bonds. The van der Waals surface area contributed by atoms with E-state index in [0.29, 0.717) is 0 Å². The van der Waals surface area contributed by atoms with Gasteiger partial charge in [0, 0.05) is 17.9 Å². The van der Waals surface area contributed by atoms with E-state index in [9.17, 15) is 10.2 Å². The van der Waals surface area contributed by atoms with E-state index in [2.05, 4.69) is 63.7 Å². The summed E-state index contributed by atoms with van der Waals surface area (Å²) in [4.78, 5) is 0. The lowest BCUT2D eigenvalue weighted by atomic mass is 9.76. The van der Waals surface area contributed by atoms with Gasteiger partial charge in [-0.05, 0) is 78.3 Å². The molecule has 0 spiro atoms. The van der Waals surface area contributed by atoms with Gasteiger partial charge >= 0.3 is 0 Å². The Morgan fingerprint density at radius 1 is 0.600 bits per heavy atom. The third-order valence-electron chi connectivity index (χ3n) is 5.96. The Bertz CT molecular complexity index is 752. The van der Waals surface area contributed by atoms with Gasteiger partial charge in [0.2, 0.25) is 0 Å². The molecule has 0 aromatic heterocycles. The summed E-state index contributed by atoms with van der Waals surface area (Å²) in [6.45, 7) is 0. The first-order valence-electron chi connectivity index (χ1n) is 8.13. The lowest BCUT2D eigenvalue weighted by Gasteiger charge is -2.30. The molecule has 25 heavy (non-hydrogen) atoms. The molecule has 6 heteroatoms. The number of benzene rings is 2. The molecule has 0 aliphatic heterocycles. The predicted octanol–water partition coefficient (Wildman–Crippen LogP) is 7.30. The van der Waals surface area contributed by atoms with Crippen LogP contribution in [-0.4, -0.2) is 10.2 Å². The molecule has 0 heterocycles. The van der Waals surface area contributed by atoms with Crippen molar-refractivity contribution in [3.63, 3.8) is 0 Å². The van der Waals surface area contributed by atoms with Crippen molar-refractivity contribution in [2.24, 2.45) is 0 Å². The number of hydrogen-bond acceptors (Lipinski definition) is 2. The lowest BCUT2D eigenvalue weighted by molar-refractivity contribution is 0.390. The summed E-state index contributed by atoms with van der Waals surface area (Å²) in [5, 5.41) is 19.7. The van der Waals surface area contributed by atoms with E-state index in [-0.39, 0.29) is 22.3 Å². The fraction of sp³-hybridized carbons (Fsp3) is 0.368. The Morgan fingerprint density at radius 3 is 1.16 bits per heavy atom. The summed E-state index contributed by atoms with van der Waals surface area (Å²) in [7, 11) is 0. The molecule has 0 unspecified atom stereocenters. The van der Waals surface area contributed by atoms with Gasteiger partial charge in [-0.25, -0.2) is 0 Å². The highest BCUT2D eigenvalue weighted by atomic mass is 79.9. The maximum atomic E-state index is 9.86. The number of rotatable bonds is 2. The van der Waals surface area contributed by atoms with Crippen molar-refractivity contribution in [3.05, 3.63) is 53.3 Å². The zero-order valence-corrected chi connectivity index (χ0v) is 19.6. The number of halogens is 4. The molecule has 2 aromatic carbocycles. The van der Waals surface area contributed by atoms with Crippen molar-refractivity contribution in [2.45, 2.75) is 42.9 Å². The first-order chi connectivity index (χ1) is 11.8. The van der Waals surface area contributed by atoms with E-state index in [1.807, 2.05) is 0 Å². The maximum absolute atomic E-state index is 9.86. The molecule has 0 atom stereocenters. The zero-order valence-electron chi connectivity index (χ0n) is 13.3. The molecule has 2 nitrogen and oxygen atoms in total. The fourth-order valence-electron chi connectivity index (χ4n) is 5.02. The van der Waals surface area contributed by atoms with E-state index in [0.717, 1.165) is 50.0 Å². The minimum absolute atomic E-state index is 0.113. The van der Waals surface area contributed by atoms with Crippen LogP contribution in [0.15, 0.2) is 42.2 Å². The molecule has 2 bridgehead atoms. The van der Waals surface area contributed by atoms with Crippen molar-refractivity contribution < 1.29 is 10.2 Å². The summed E-state index contributed by atoms with van der Waals surface area (Å²) >= 11 is 14.7. The van der Waals surface area contributed by atoms with Gasteiger partial charge in [-0.1, -0.05) is 63.7 Å². The minimum atomic E-state index is 0.113. The SMILES string of the molecule is Oc1cc(Br)c(C23CCC(c4c(Br)cc(O)cc4Br)(CC2)C3)c(Br)c1. The molecule has 4 rings (SSSR count). The van der Waals surface area contributed by atoms with Crippen molar-refractivity contribution >= 4 is 63.7 Å². The number of fused-ring (bicyclic) bond motifs is 2. The van der Waals surface area contributed by atoms with Crippen molar-refractivity contribution in [1.29, 1.82) is 0 Å². The van der Waals surface area contributed by atoms with Crippen LogP contribution < -0.4 is 0 Å². The largest absolute Gasteiger partial charge is 0.508 e. The second-order valence-electron chi connectivity index (χ2n) is 7.31. The number of aromatic hydroxyl groups is 2. The summed E-state index contributed by atoms with van der Waals surface area (Å²) in [5.41, 5.74) is 2.77. The Hall–Kier alpha value is -0.0400. The minimum Gasteiger partial charge on any atom is -0.508 e. The van der Waals surface area contributed by atoms with Crippen LogP contribution in [0.3, 0.4) is 0 Å². The standard InChI is InChI=1S/C19H16Br4O2/c20-12-5-10(24)6-13(21)16(12)18-1-2-19(9-18,4-3-18)17-14(22)7-11(25)8-15(17)23/h5-8,24-25H,1-4,9H2. The average Bonchev–Trinajstić information content (AvgIpc) is 3.01. The van der Waals surface area contributed by atoms with Crippen molar-refractivity contribution in [1.82, 2.24) is 0 Å². The molecule has 2 saturated carbocycles. The molecule has 132 valence electrons. The highest BCUT2D eigenvalue weighted by Crippen LogP contribution is 2.66. The van der Waals surface area contributed by atoms with Gasteiger partial charge in [-0.15, -0.1) is 0 Å². The summed E-state index contributed by atoms with van der Waals surface area (Å²) in [6.07, 6.45) is 5.55. The van der Waals surface area contributed by atoms with Crippen LogP contribution in [0.4, 0.5) is 0 Å². The van der Waals surface area contributed by atoms with Gasteiger partial charge in [-0.2, -0.15) is 0 Å². The van der Waals surface area contributed by atoms with Crippen molar-refractivity contribution in [2.75, 3.05) is 0 Å². The molecule has 2 fully saturated rings. The monoisotopic (exact) mass is 592 g/mol. The highest BCUT2D eigenvalue weighted by molar-refractivity contribution is 9.11. The maximum Gasteiger partial charge on any atom is 0.117 e. The third kappa shape index (κ3) is 2.82. The first-order valence-corrected chi connectivity index (χ1v) is 11.3. The van der Waals surface area contributed by atoms with Gasteiger partial charge in [0.1, 0.15) is 11.5 Å². The highest BCUT2D eigenvalue weighted by Gasteiger charge is 2.57. The predicted molar refractivity (Wildman–Crippen MR) is 113 cm³/mol. The van der Waals surface area contributed by atoms with Crippen LogP contribution in [0.25, 0.3) is 0 Å². The molecule has 0 saturated heterocycles. The molecule has 2 aliphatic rings. The van der Waals surface area contributed by atoms with E-state index < -0.39 is 0 Å². The summed E-state index contributed by atoms with van der Waals surface area (Å²) in [6, 6.07) is 7.16. The molecule has 0 radical (unpaired) electrons. The van der Waals surface area contributed by atoms with E-state index in [4.69, 9.17) is 0 Å². The van der Waals surface area contributed by atoms with E-state index in [1.54, 1.807) is 24.3 Å². The normalized spacial score (nSPS) is 27.8. The van der Waals surface area contributed by atoms with Crippen LogP contribution in [0.5, 0.6) is 11.5 Å². The second kappa shape index (κ2) is 6.25. The zero-order chi connectivity index (χ0) is 18.0. The smallest absolute Gasteiger partial charge is 0.117 e. The van der Waals surface area contributed by atoms with Crippen LogP contribution in [0.1, 0.15) is 43.2 Å². The summed E-state index contributed by atoms with van der Waals surface area (Å²) in [5.74, 6) is 0.537. The van der Waals surface area contributed by atoms with Gasteiger partial charge in [-0.3, -0.25) is 0 Å². The number of phenolic OH excluding ortho intramolecular Hbond substituents is 2. The van der Waals surface area contributed by atoms with Crippen LogP contribution in [0, 0.1) is 0 Å². The van der Waals surface area contributed by atoms with Gasteiger partial charge in [0.15, 0.2) is 0 Å². The molecule has 2 aromatic rings. The van der Waals surface area contributed by atoms with E-state index in [1.165, 1.54) is 11.1 Å². The Kier molecular flexibility index (Phi) is 4.58. The lowest BCUT2D eigenvalue weighted by Crippen LogP contribution is -2.21. The summed E-state index contributed by atoms with van der Waals surface area (Å²) < 4.78 is 3.89. The number of phenols is 2. The fourth-order valence-corrected chi connectivity index (χ4v) is 9.02. The van der Waals surface area contributed by atoms with E-state index >= 15 is 0 Å². The van der Waals surface area contributed by atoms with Gasteiger partial charge in [0.05, 0.1) is 0 Å². The van der Waals surface area contributed by atoms with Crippen molar-refractivity contribution in [3.8, 4) is 11.5 Å². The molecular formula is C19H16Br4O2. The Balaban J connectivity index is 1.81. The third-order valence-corrected chi connectivity index (χ3v) is 8.46. The molecule has 2 N–H and O–H groups in total.